The first-order valence-electron chi connectivity index (χ1n) is 9.17. The van der Waals surface area contributed by atoms with Crippen molar-refractivity contribution >= 4 is 35.6 Å². The molecule has 1 heterocycles. The molecule has 1 aromatic heterocycles. The van der Waals surface area contributed by atoms with Gasteiger partial charge in [-0.15, -0.1) is 0 Å². The zero-order valence-electron chi connectivity index (χ0n) is 17.0. The van der Waals surface area contributed by atoms with E-state index in [1.165, 1.54) is 13.0 Å². The maximum Gasteiger partial charge on any atom is 0.416 e. The van der Waals surface area contributed by atoms with E-state index in [2.05, 4.69) is 28.6 Å². The second-order valence-corrected chi connectivity index (χ2v) is 9.60. The Labute approximate surface area is 169 Å². The molecule has 0 aliphatic heterocycles. The number of nitrogens with two attached hydrogens (primary N) is 1. The molecule has 29 heavy (non-hydrogen) atoms. The summed E-state index contributed by atoms with van der Waals surface area (Å²) in [6, 6.07) is 7.71. The first kappa shape index (κ1) is 21.3. The summed E-state index contributed by atoms with van der Waals surface area (Å²) in [7, 11) is -0.430. The molecule has 1 atom stereocenters. The predicted octanol–water partition coefficient (Wildman–Crippen LogP) is 5.39. The molecule has 3 rings (SSSR count). The van der Waals surface area contributed by atoms with Crippen molar-refractivity contribution in [3.8, 4) is 0 Å². The Morgan fingerprint density at radius 2 is 1.79 bits per heavy atom. The zero-order valence-corrected chi connectivity index (χ0v) is 17.9. The summed E-state index contributed by atoms with van der Waals surface area (Å²) in [6.07, 6.45) is -4.39. The highest BCUT2D eigenvalue weighted by Crippen LogP contribution is 2.36. The molecule has 0 bridgehead atoms. The zero-order chi connectivity index (χ0) is 21.5. The molecule has 0 saturated carbocycles. The average Bonchev–Trinajstić information content (AvgIpc) is 2.59. The molecule has 3 aromatic rings. The summed E-state index contributed by atoms with van der Waals surface area (Å²) in [5.74, 6) is 1.16. The number of anilines is 2. The van der Waals surface area contributed by atoms with Gasteiger partial charge in [-0.2, -0.15) is 13.2 Å². The number of hydrogen-bond donors (Lipinski definition) is 2. The van der Waals surface area contributed by atoms with E-state index in [0.29, 0.717) is 28.4 Å². The van der Waals surface area contributed by atoms with E-state index < -0.39 is 19.7 Å². The van der Waals surface area contributed by atoms with Crippen molar-refractivity contribution in [1.82, 2.24) is 9.97 Å². The van der Waals surface area contributed by atoms with E-state index >= 15 is 0 Å². The molecule has 8 heteroatoms. The molecule has 0 aliphatic rings. The molecule has 0 radical (unpaired) electrons. The van der Waals surface area contributed by atoms with Crippen molar-refractivity contribution < 1.29 is 13.2 Å². The molecule has 0 amide bonds. The van der Waals surface area contributed by atoms with Crippen molar-refractivity contribution in [1.29, 1.82) is 0 Å². The Morgan fingerprint density at radius 3 is 2.41 bits per heavy atom. The number of aromatic nitrogens is 2. The van der Waals surface area contributed by atoms with Gasteiger partial charge in [-0.05, 0) is 68.7 Å². The minimum Gasteiger partial charge on any atom is -0.398 e. The molecule has 4 nitrogen and oxygen atoms in total. The minimum atomic E-state index is -4.39. The van der Waals surface area contributed by atoms with Crippen molar-refractivity contribution in [2.45, 2.75) is 33.0 Å². The molecule has 0 fully saturated rings. The fraction of sp³-hybridized carbons (Fsp3) is 0.333. The van der Waals surface area contributed by atoms with Crippen LogP contribution in [-0.4, -0.2) is 23.3 Å². The number of rotatable bonds is 4. The summed E-state index contributed by atoms with van der Waals surface area (Å²) < 4.78 is 39.9. The molecule has 0 saturated heterocycles. The van der Waals surface area contributed by atoms with E-state index in [1.807, 2.05) is 19.1 Å². The Bertz CT molecular complexity index is 1060. The van der Waals surface area contributed by atoms with Crippen molar-refractivity contribution in [3.63, 3.8) is 0 Å². The van der Waals surface area contributed by atoms with Gasteiger partial charge >= 0.3 is 6.18 Å². The lowest BCUT2D eigenvalue weighted by Gasteiger charge is -2.21. The van der Waals surface area contributed by atoms with Gasteiger partial charge in [0.2, 0.25) is 0 Å². The first-order chi connectivity index (χ1) is 13.5. The van der Waals surface area contributed by atoms with Crippen LogP contribution in [0.2, 0.25) is 0 Å². The van der Waals surface area contributed by atoms with Crippen molar-refractivity contribution in [3.05, 3.63) is 52.8 Å². The predicted molar refractivity (Wildman–Crippen MR) is 115 cm³/mol. The van der Waals surface area contributed by atoms with E-state index in [1.54, 1.807) is 13.0 Å². The maximum atomic E-state index is 13.3. The molecule has 154 valence electrons. The largest absolute Gasteiger partial charge is 0.416 e. The number of nitrogens with zero attached hydrogens (tertiary/aromatic N) is 2. The Kier molecular flexibility index (Phi) is 5.72. The minimum absolute atomic E-state index is 0.214. The third kappa shape index (κ3) is 4.30. The van der Waals surface area contributed by atoms with Gasteiger partial charge in [-0.25, -0.2) is 9.97 Å². The van der Waals surface area contributed by atoms with Gasteiger partial charge in [0.1, 0.15) is 11.6 Å². The normalized spacial score (nSPS) is 13.1. The van der Waals surface area contributed by atoms with E-state index in [-0.39, 0.29) is 11.6 Å². The summed E-state index contributed by atoms with van der Waals surface area (Å²) >= 11 is 0. The van der Waals surface area contributed by atoms with Gasteiger partial charge in [0.25, 0.3) is 0 Å². The van der Waals surface area contributed by atoms with Gasteiger partial charge in [-0.1, -0.05) is 20.1 Å². The lowest BCUT2D eigenvalue weighted by molar-refractivity contribution is -0.138. The number of alkyl halides is 3. The quantitative estimate of drug-likeness (QED) is 0.439. The van der Waals surface area contributed by atoms with Gasteiger partial charge in [0.05, 0.1) is 17.1 Å². The highest BCUT2D eigenvalue weighted by molar-refractivity contribution is 7.64. The number of benzene rings is 2. The lowest BCUT2D eigenvalue weighted by atomic mass is 9.97. The van der Waals surface area contributed by atoms with Crippen LogP contribution in [0.4, 0.5) is 24.7 Å². The van der Waals surface area contributed by atoms with Crippen LogP contribution >= 0.6 is 7.92 Å². The van der Waals surface area contributed by atoms with Crippen LogP contribution in [0.5, 0.6) is 0 Å². The third-order valence-electron chi connectivity index (χ3n) is 4.94. The molecule has 2 aromatic carbocycles. The highest BCUT2D eigenvalue weighted by atomic mass is 31.1. The SMILES string of the molecule is Cc1nc(N[C@H](C)c2cccc(C(F)(F)F)c2C)c2cc(P(C)C)c(N)cc2n1. The summed E-state index contributed by atoms with van der Waals surface area (Å²) in [4.78, 5) is 8.99. The van der Waals surface area contributed by atoms with Crippen LogP contribution in [0.3, 0.4) is 0 Å². The summed E-state index contributed by atoms with van der Waals surface area (Å²) in [5.41, 5.74) is 7.76. The molecule has 0 spiro atoms. The lowest BCUT2D eigenvalue weighted by Crippen LogP contribution is -2.15. The molecule has 3 N–H and O–H groups in total. The second-order valence-electron chi connectivity index (χ2n) is 7.33. The molecule has 0 aliphatic carbocycles. The molecular formula is C21H24F3N4P. The Hall–Kier alpha value is -2.40. The number of halogens is 3. The van der Waals surface area contributed by atoms with Gasteiger partial charge in [0.15, 0.2) is 0 Å². The fourth-order valence-corrected chi connectivity index (χ4v) is 4.47. The monoisotopic (exact) mass is 420 g/mol. The third-order valence-corrected chi connectivity index (χ3v) is 6.29. The number of hydrogen-bond acceptors (Lipinski definition) is 4. The Balaban J connectivity index is 2.07. The molecular weight excluding hydrogens is 396 g/mol. The second kappa shape index (κ2) is 7.79. The standard InChI is InChI=1S/C21H24F3N4P/c1-11-14(7-6-8-16(11)21(22,23)24)12(2)26-20-15-9-19(29(4)5)17(25)10-18(15)27-13(3)28-20/h6-10,12H,25H2,1-5H3,(H,26,27,28)/t12-/m1/s1. The smallest absolute Gasteiger partial charge is 0.398 e. The van der Waals surface area contributed by atoms with E-state index in [4.69, 9.17) is 5.73 Å². The number of nitrogens with one attached hydrogen (secondary N) is 1. The van der Waals surface area contributed by atoms with E-state index in [0.717, 1.165) is 16.8 Å². The van der Waals surface area contributed by atoms with Gasteiger partial charge in [-0.3, -0.25) is 0 Å². The number of aryl methyl sites for hydroxylation is 1. The first-order valence-corrected chi connectivity index (χ1v) is 11.4. The van der Waals surface area contributed by atoms with Crippen LogP contribution < -0.4 is 16.4 Å². The van der Waals surface area contributed by atoms with Crippen molar-refractivity contribution in [2.24, 2.45) is 0 Å². The number of fused-ring (bicyclic) bond motifs is 1. The average molecular weight is 420 g/mol. The van der Waals surface area contributed by atoms with E-state index in [9.17, 15) is 13.2 Å². The maximum absolute atomic E-state index is 13.3. The highest BCUT2D eigenvalue weighted by Gasteiger charge is 2.33. The van der Waals surface area contributed by atoms with Crippen LogP contribution in [0.15, 0.2) is 30.3 Å². The van der Waals surface area contributed by atoms with Crippen LogP contribution in [0.25, 0.3) is 10.9 Å². The van der Waals surface area contributed by atoms with Gasteiger partial charge < -0.3 is 11.1 Å². The van der Waals surface area contributed by atoms with Crippen LogP contribution in [0, 0.1) is 13.8 Å². The van der Waals surface area contributed by atoms with Crippen LogP contribution in [-0.2, 0) is 6.18 Å². The van der Waals surface area contributed by atoms with Gasteiger partial charge in [0, 0.05) is 11.1 Å². The van der Waals surface area contributed by atoms with Crippen LogP contribution in [0.1, 0.15) is 35.5 Å². The summed E-state index contributed by atoms with van der Waals surface area (Å²) in [6.45, 7) is 9.34. The van der Waals surface area contributed by atoms with Crippen molar-refractivity contribution in [2.75, 3.05) is 24.4 Å². The molecule has 0 unspecified atom stereocenters. The Morgan fingerprint density at radius 1 is 1.10 bits per heavy atom. The fourth-order valence-electron chi connectivity index (χ4n) is 3.51. The number of nitrogen functional groups attached to an aromatic ring is 1. The summed E-state index contributed by atoms with van der Waals surface area (Å²) in [5, 5.41) is 5.15. The topological polar surface area (TPSA) is 63.8 Å².